The summed E-state index contributed by atoms with van der Waals surface area (Å²) in [7, 11) is 0. The molecule has 0 radical (unpaired) electrons. The Morgan fingerprint density at radius 2 is 2.18 bits per heavy atom. The molecule has 4 nitrogen and oxygen atoms in total. The van der Waals surface area contributed by atoms with E-state index < -0.39 is 18.7 Å². The maximum Gasteiger partial charge on any atom is 0.389 e. The van der Waals surface area contributed by atoms with E-state index in [1.54, 1.807) is 24.3 Å². The van der Waals surface area contributed by atoms with Crippen LogP contribution in [-0.2, 0) is 16.0 Å². The highest BCUT2D eigenvalue weighted by molar-refractivity contribution is 5.94. The molecule has 0 spiro atoms. The molecule has 1 heterocycles. The first kappa shape index (κ1) is 18.7. The number of hydrogen-bond donors (Lipinski definition) is 2. The standard InChI is InChI=1S/C14H17F3N2O2.ClH/c15-14(16,17)5-4-10-2-1-3-11(8-10)19-13(20)12-9-18-6-7-21-12;/h1-3,8,12,18H,4-7,9H2,(H,19,20);1H. The molecular weight excluding hydrogens is 321 g/mol. The van der Waals surface area contributed by atoms with Gasteiger partial charge in [0.05, 0.1) is 6.61 Å². The summed E-state index contributed by atoms with van der Waals surface area (Å²) in [6.45, 7) is 1.60. The Balaban J connectivity index is 0.00000242. The fourth-order valence-electron chi connectivity index (χ4n) is 2.05. The zero-order chi connectivity index (χ0) is 15.3. The number of carbonyl (C=O) groups excluding carboxylic acids is 1. The number of benzene rings is 1. The molecule has 1 aromatic rings. The number of anilines is 1. The topological polar surface area (TPSA) is 50.4 Å². The highest BCUT2D eigenvalue weighted by Crippen LogP contribution is 2.23. The number of rotatable bonds is 4. The summed E-state index contributed by atoms with van der Waals surface area (Å²) in [6.07, 6.45) is -5.73. The van der Waals surface area contributed by atoms with Crippen molar-refractivity contribution in [2.75, 3.05) is 25.0 Å². The minimum absolute atomic E-state index is 0. The summed E-state index contributed by atoms with van der Waals surface area (Å²) in [5, 5.41) is 5.70. The number of halogens is 4. The molecule has 0 aliphatic carbocycles. The van der Waals surface area contributed by atoms with E-state index in [0.717, 1.165) is 0 Å². The van der Waals surface area contributed by atoms with Gasteiger partial charge in [-0.25, -0.2) is 0 Å². The predicted molar refractivity (Wildman–Crippen MR) is 79.3 cm³/mol. The number of hydrogen-bond acceptors (Lipinski definition) is 3. The number of morpholine rings is 1. The van der Waals surface area contributed by atoms with Crippen LogP contribution in [0.5, 0.6) is 0 Å². The van der Waals surface area contributed by atoms with E-state index in [9.17, 15) is 18.0 Å². The van der Waals surface area contributed by atoms with Gasteiger partial charge in [-0.15, -0.1) is 12.4 Å². The van der Waals surface area contributed by atoms with Crippen LogP contribution in [0.3, 0.4) is 0 Å². The lowest BCUT2D eigenvalue weighted by Crippen LogP contribution is -2.45. The Hall–Kier alpha value is -1.31. The fraction of sp³-hybridized carbons (Fsp3) is 0.500. The number of alkyl halides is 3. The van der Waals surface area contributed by atoms with Crippen molar-refractivity contribution in [2.24, 2.45) is 0 Å². The lowest BCUT2D eigenvalue weighted by atomic mass is 10.1. The van der Waals surface area contributed by atoms with Gasteiger partial charge in [-0.1, -0.05) is 12.1 Å². The van der Waals surface area contributed by atoms with Crippen molar-refractivity contribution in [2.45, 2.75) is 25.1 Å². The van der Waals surface area contributed by atoms with Gasteiger partial charge in [-0.2, -0.15) is 13.2 Å². The lowest BCUT2D eigenvalue weighted by Gasteiger charge is -2.22. The minimum atomic E-state index is -4.18. The summed E-state index contributed by atoms with van der Waals surface area (Å²) in [6, 6.07) is 6.44. The van der Waals surface area contributed by atoms with Crippen LogP contribution in [0.1, 0.15) is 12.0 Å². The van der Waals surface area contributed by atoms with Gasteiger partial charge in [-0.05, 0) is 24.1 Å². The first-order valence-corrected chi connectivity index (χ1v) is 6.73. The van der Waals surface area contributed by atoms with E-state index in [2.05, 4.69) is 10.6 Å². The number of nitrogens with one attached hydrogen (secondary N) is 2. The van der Waals surface area contributed by atoms with Crippen LogP contribution in [0, 0.1) is 0 Å². The zero-order valence-electron chi connectivity index (χ0n) is 11.8. The molecule has 0 bridgehead atoms. The fourth-order valence-corrected chi connectivity index (χ4v) is 2.05. The van der Waals surface area contributed by atoms with Crippen molar-refractivity contribution in [1.82, 2.24) is 5.32 Å². The molecule has 1 fully saturated rings. The minimum Gasteiger partial charge on any atom is -0.366 e. The monoisotopic (exact) mass is 338 g/mol. The molecule has 124 valence electrons. The third kappa shape index (κ3) is 6.21. The molecular formula is C14H18ClF3N2O2. The Morgan fingerprint density at radius 1 is 1.41 bits per heavy atom. The third-order valence-electron chi connectivity index (χ3n) is 3.11. The van der Waals surface area contributed by atoms with E-state index >= 15 is 0 Å². The maximum atomic E-state index is 12.2. The summed E-state index contributed by atoms with van der Waals surface area (Å²) in [5.74, 6) is -0.296. The highest BCUT2D eigenvalue weighted by Gasteiger charge is 2.26. The van der Waals surface area contributed by atoms with Crippen LogP contribution in [0.2, 0.25) is 0 Å². The number of aryl methyl sites for hydroxylation is 1. The summed E-state index contributed by atoms with van der Waals surface area (Å²) < 4.78 is 41.9. The SMILES string of the molecule is Cl.O=C(Nc1cccc(CCC(F)(F)F)c1)C1CNCCO1. The van der Waals surface area contributed by atoms with Crippen molar-refractivity contribution in [3.63, 3.8) is 0 Å². The van der Waals surface area contributed by atoms with Crippen LogP contribution in [0.4, 0.5) is 18.9 Å². The van der Waals surface area contributed by atoms with Gasteiger partial charge in [0.1, 0.15) is 6.10 Å². The van der Waals surface area contributed by atoms with Crippen LogP contribution < -0.4 is 10.6 Å². The molecule has 8 heteroatoms. The Labute approximate surface area is 132 Å². The van der Waals surface area contributed by atoms with E-state index in [1.165, 1.54) is 0 Å². The molecule has 0 saturated carbocycles. The van der Waals surface area contributed by atoms with Crippen LogP contribution in [-0.4, -0.2) is 37.9 Å². The molecule has 1 unspecified atom stereocenters. The second-order valence-electron chi connectivity index (χ2n) is 4.87. The van der Waals surface area contributed by atoms with Gasteiger partial charge < -0.3 is 15.4 Å². The molecule has 1 aromatic carbocycles. The second-order valence-corrected chi connectivity index (χ2v) is 4.87. The summed E-state index contributed by atoms with van der Waals surface area (Å²) >= 11 is 0. The average Bonchev–Trinajstić information content (AvgIpc) is 2.46. The molecule has 1 amide bonds. The average molecular weight is 339 g/mol. The van der Waals surface area contributed by atoms with E-state index in [1.807, 2.05) is 0 Å². The van der Waals surface area contributed by atoms with Gasteiger partial charge in [-0.3, -0.25) is 4.79 Å². The highest BCUT2D eigenvalue weighted by atomic mass is 35.5. The molecule has 1 saturated heterocycles. The van der Waals surface area contributed by atoms with Crippen molar-refractivity contribution in [1.29, 1.82) is 0 Å². The van der Waals surface area contributed by atoms with Crippen LogP contribution in [0.25, 0.3) is 0 Å². The molecule has 22 heavy (non-hydrogen) atoms. The molecule has 1 atom stereocenters. The second kappa shape index (κ2) is 8.36. The Kier molecular flexibility index (Phi) is 7.12. The molecule has 0 aromatic heterocycles. The number of carbonyl (C=O) groups is 1. The van der Waals surface area contributed by atoms with E-state index in [0.29, 0.717) is 30.9 Å². The molecule has 1 aliphatic heterocycles. The maximum absolute atomic E-state index is 12.2. The van der Waals surface area contributed by atoms with E-state index in [-0.39, 0.29) is 24.7 Å². The van der Waals surface area contributed by atoms with Crippen LogP contribution in [0.15, 0.2) is 24.3 Å². The van der Waals surface area contributed by atoms with Crippen molar-refractivity contribution >= 4 is 24.0 Å². The summed E-state index contributed by atoms with van der Waals surface area (Å²) in [5.41, 5.74) is 1.02. The smallest absolute Gasteiger partial charge is 0.366 e. The molecule has 2 N–H and O–H groups in total. The first-order chi connectivity index (χ1) is 9.94. The molecule has 1 aliphatic rings. The van der Waals surface area contributed by atoms with Crippen LogP contribution >= 0.6 is 12.4 Å². The normalized spacial score (nSPS) is 18.4. The van der Waals surface area contributed by atoms with Crippen molar-refractivity contribution < 1.29 is 22.7 Å². The summed E-state index contributed by atoms with van der Waals surface area (Å²) in [4.78, 5) is 11.9. The largest absolute Gasteiger partial charge is 0.389 e. The molecule has 2 rings (SSSR count). The lowest BCUT2D eigenvalue weighted by molar-refractivity contribution is -0.134. The van der Waals surface area contributed by atoms with Gasteiger partial charge in [0.2, 0.25) is 0 Å². The predicted octanol–water partition coefficient (Wildman–Crippen LogP) is 2.53. The van der Waals surface area contributed by atoms with Crippen molar-refractivity contribution in [3.8, 4) is 0 Å². The Morgan fingerprint density at radius 3 is 2.82 bits per heavy atom. The van der Waals surface area contributed by atoms with Gasteiger partial charge in [0.25, 0.3) is 5.91 Å². The van der Waals surface area contributed by atoms with Gasteiger partial charge in [0.15, 0.2) is 0 Å². The van der Waals surface area contributed by atoms with Crippen molar-refractivity contribution in [3.05, 3.63) is 29.8 Å². The quantitative estimate of drug-likeness (QED) is 0.887. The third-order valence-corrected chi connectivity index (χ3v) is 3.11. The number of amides is 1. The van der Waals surface area contributed by atoms with Gasteiger partial charge >= 0.3 is 6.18 Å². The Bertz CT molecular complexity index is 491. The number of ether oxygens (including phenoxy) is 1. The van der Waals surface area contributed by atoms with E-state index in [4.69, 9.17) is 4.74 Å². The zero-order valence-corrected chi connectivity index (χ0v) is 12.6. The first-order valence-electron chi connectivity index (χ1n) is 6.73. The van der Waals surface area contributed by atoms with Gasteiger partial charge in [0, 0.05) is 25.2 Å².